The minimum Gasteiger partial charge on any atom is -0.273 e. The minimum absolute atomic E-state index is 0.00765. The molecule has 1 amide bonds. The summed E-state index contributed by atoms with van der Waals surface area (Å²) in [5.41, 5.74) is 7.59. The van der Waals surface area contributed by atoms with Crippen molar-refractivity contribution in [2.24, 2.45) is 11.0 Å². The van der Waals surface area contributed by atoms with Crippen LogP contribution in [0.5, 0.6) is 0 Å². The number of carbonyl (C=O) groups is 1. The monoisotopic (exact) mass is 334 g/mol. The molecule has 0 saturated heterocycles. The molecule has 0 heterocycles. The highest BCUT2D eigenvalue weighted by Crippen LogP contribution is 2.47. The number of aryl methyl sites for hydroxylation is 1. The van der Waals surface area contributed by atoms with Gasteiger partial charge in [-0.05, 0) is 41.4 Å². The number of carbonyl (C=O) groups excluding carboxylic acids is 1. The van der Waals surface area contributed by atoms with Crippen LogP contribution < -0.4 is 5.43 Å². The first-order valence-electron chi connectivity index (χ1n) is 8.84. The van der Waals surface area contributed by atoms with Crippen LogP contribution in [0.3, 0.4) is 0 Å². The third-order valence-electron chi connectivity index (χ3n) is 4.80. The van der Waals surface area contributed by atoms with Gasteiger partial charge in [0.1, 0.15) is 0 Å². The lowest BCUT2D eigenvalue weighted by Crippen LogP contribution is -2.20. The summed E-state index contributed by atoms with van der Waals surface area (Å²) >= 11 is 0. The Kier molecular flexibility index (Phi) is 4.76. The maximum Gasteiger partial charge on any atom is 0.243 e. The van der Waals surface area contributed by atoms with Crippen LogP contribution in [0.1, 0.15) is 55.4 Å². The van der Waals surface area contributed by atoms with Crippen molar-refractivity contribution in [1.82, 2.24) is 5.43 Å². The Bertz CT molecular complexity index is 767. The molecule has 3 nitrogen and oxygen atoms in total. The Hall–Kier alpha value is -2.42. The van der Waals surface area contributed by atoms with Crippen LogP contribution in [0.4, 0.5) is 0 Å². The standard InChI is InChI=1S/C22H26N2O/c1-15-5-7-16(8-6-15)14-23-24-21(25)20-13-19(20)17-9-11-18(12-10-17)22(2,3)4/h5-12,14,19-20H,13H2,1-4H3,(H,24,25)/b23-14+/t19-,20+/m0/s1. The molecule has 2 atom stereocenters. The maximum absolute atomic E-state index is 12.2. The van der Waals surface area contributed by atoms with E-state index >= 15 is 0 Å². The first-order valence-corrected chi connectivity index (χ1v) is 8.84. The fourth-order valence-corrected chi connectivity index (χ4v) is 2.99. The molecule has 1 N–H and O–H groups in total. The lowest BCUT2D eigenvalue weighted by Gasteiger charge is -2.19. The molecule has 25 heavy (non-hydrogen) atoms. The Morgan fingerprint density at radius 1 is 1.08 bits per heavy atom. The number of rotatable bonds is 4. The van der Waals surface area contributed by atoms with Gasteiger partial charge in [0.05, 0.1) is 6.21 Å². The Morgan fingerprint density at radius 2 is 1.72 bits per heavy atom. The zero-order valence-corrected chi connectivity index (χ0v) is 15.4. The summed E-state index contributed by atoms with van der Waals surface area (Å²) in [6.07, 6.45) is 2.59. The quantitative estimate of drug-likeness (QED) is 0.647. The molecule has 1 aliphatic carbocycles. The van der Waals surface area contributed by atoms with Gasteiger partial charge in [0.25, 0.3) is 0 Å². The highest BCUT2D eigenvalue weighted by atomic mass is 16.2. The number of amides is 1. The first kappa shape index (κ1) is 17.4. The number of hydrazone groups is 1. The van der Waals surface area contributed by atoms with E-state index in [0.29, 0.717) is 5.92 Å². The predicted molar refractivity (Wildman–Crippen MR) is 103 cm³/mol. The lowest BCUT2D eigenvalue weighted by atomic mass is 9.86. The fraction of sp³-hybridized carbons (Fsp3) is 0.364. The fourth-order valence-electron chi connectivity index (χ4n) is 2.99. The van der Waals surface area contributed by atoms with E-state index in [1.807, 2.05) is 31.2 Å². The summed E-state index contributed by atoms with van der Waals surface area (Å²) in [7, 11) is 0. The molecule has 0 aromatic heterocycles. The summed E-state index contributed by atoms with van der Waals surface area (Å²) in [4.78, 5) is 12.2. The average molecular weight is 334 g/mol. The zero-order chi connectivity index (χ0) is 18.0. The summed E-state index contributed by atoms with van der Waals surface area (Å²) in [6, 6.07) is 16.7. The van der Waals surface area contributed by atoms with Crippen LogP contribution in [-0.4, -0.2) is 12.1 Å². The summed E-state index contributed by atoms with van der Waals surface area (Å²) in [6.45, 7) is 8.67. The molecule has 0 bridgehead atoms. The van der Waals surface area contributed by atoms with E-state index in [1.54, 1.807) is 6.21 Å². The third-order valence-corrected chi connectivity index (χ3v) is 4.80. The molecule has 1 aliphatic rings. The van der Waals surface area contributed by atoms with E-state index in [0.717, 1.165) is 12.0 Å². The van der Waals surface area contributed by atoms with Crippen LogP contribution in [0.25, 0.3) is 0 Å². The van der Waals surface area contributed by atoms with Crippen LogP contribution in [0.2, 0.25) is 0 Å². The molecule has 0 aliphatic heterocycles. The van der Waals surface area contributed by atoms with E-state index in [2.05, 4.69) is 55.6 Å². The van der Waals surface area contributed by atoms with E-state index in [-0.39, 0.29) is 17.2 Å². The van der Waals surface area contributed by atoms with E-state index in [4.69, 9.17) is 0 Å². The zero-order valence-electron chi connectivity index (χ0n) is 15.4. The van der Waals surface area contributed by atoms with Crippen molar-refractivity contribution in [3.8, 4) is 0 Å². The van der Waals surface area contributed by atoms with Gasteiger partial charge < -0.3 is 0 Å². The summed E-state index contributed by atoms with van der Waals surface area (Å²) in [5, 5.41) is 4.08. The lowest BCUT2D eigenvalue weighted by molar-refractivity contribution is -0.122. The van der Waals surface area contributed by atoms with Crippen LogP contribution in [-0.2, 0) is 10.2 Å². The van der Waals surface area contributed by atoms with Gasteiger partial charge in [-0.15, -0.1) is 0 Å². The highest BCUT2D eigenvalue weighted by molar-refractivity contribution is 5.85. The molecule has 3 rings (SSSR count). The van der Waals surface area contributed by atoms with Gasteiger partial charge in [-0.1, -0.05) is 74.9 Å². The van der Waals surface area contributed by atoms with Gasteiger partial charge in [-0.2, -0.15) is 5.10 Å². The minimum atomic E-state index is 0.00765. The second-order valence-electron chi connectivity index (χ2n) is 7.97. The van der Waals surface area contributed by atoms with Crippen molar-refractivity contribution in [2.75, 3.05) is 0 Å². The second kappa shape index (κ2) is 6.83. The van der Waals surface area contributed by atoms with E-state index in [9.17, 15) is 4.79 Å². The van der Waals surface area contributed by atoms with Crippen LogP contribution in [0, 0.1) is 12.8 Å². The molecule has 1 fully saturated rings. The van der Waals surface area contributed by atoms with Crippen LogP contribution in [0.15, 0.2) is 53.6 Å². The Morgan fingerprint density at radius 3 is 2.32 bits per heavy atom. The third kappa shape index (κ3) is 4.36. The predicted octanol–water partition coefficient (Wildman–Crippen LogP) is 4.55. The van der Waals surface area contributed by atoms with Crippen molar-refractivity contribution >= 4 is 12.1 Å². The molecule has 1 saturated carbocycles. The molecule has 130 valence electrons. The summed E-state index contributed by atoms with van der Waals surface area (Å²) in [5.74, 6) is 0.368. The van der Waals surface area contributed by atoms with E-state index < -0.39 is 0 Å². The van der Waals surface area contributed by atoms with Crippen molar-refractivity contribution in [2.45, 2.75) is 45.4 Å². The molecule has 0 radical (unpaired) electrons. The van der Waals surface area contributed by atoms with Crippen molar-refractivity contribution in [3.63, 3.8) is 0 Å². The summed E-state index contributed by atoms with van der Waals surface area (Å²) < 4.78 is 0. The van der Waals surface area contributed by atoms with Crippen molar-refractivity contribution in [3.05, 3.63) is 70.8 Å². The Labute approximate surface area is 150 Å². The van der Waals surface area contributed by atoms with Gasteiger partial charge in [-0.25, -0.2) is 5.43 Å². The number of nitrogens with one attached hydrogen (secondary N) is 1. The molecule has 0 spiro atoms. The largest absolute Gasteiger partial charge is 0.273 e. The molecule has 2 aromatic carbocycles. The number of nitrogens with zero attached hydrogens (tertiary/aromatic N) is 1. The molecule has 0 unspecified atom stereocenters. The molecule has 2 aromatic rings. The second-order valence-corrected chi connectivity index (χ2v) is 7.97. The van der Waals surface area contributed by atoms with Gasteiger partial charge in [0.2, 0.25) is 5.91 Å². The number of hydrogen-bond acceptors (Lipinski definition) is 2. The smallest absolute Gasteiger partial charge is 0.243 e. The van der Waals surface area contributed by atoms with Gasteiger partial charge >= 0.3 is 0 Å². The molecular weight excluding hydrogens is 308 g/mol. The Balaban J connectivity index is 1.54. The van der Waals surface area contributed by atoms with Crippen molar-refractivity contribution < 1.29 is 4.79 Å². The molecular formula is C22H26N2O. The highest BCUT2D eigenvalue weighted by Gasteiger charge is 2.43. The van der Waals surface area contributed by atoms with Gasteiger partial charge in [-0.3, -0.25) is 4.79 Å². The molecule has 3 heteroatoms. The number of hydrogen-bond donors (Lipinski definition) is 1. The topological polar surface area (TPSA) is 41.5 Å². The van der Waals surface area contributed by atoms with E-state index in [1.165, 1.54) is 16.7 Å². The number of benzene rings is 2. The SMILES string of the molecule is Cc1ccc(/C=N/NC(=O)[C@@H]2C[C@H]2c2ccc(C(C)(C)C)cc2)cc1. The maximum atomic E-state index is 12.2. The first-order chi connectivity index (χ1) is 11.8. The normalized spacial score (nSPS) is 19.8. The van der Waals surface area contributed by atoms with Gasteiger partial charge in [0.15, 0.2) is 0 Å². The van der Waals surface area contributed by atoms with Crippen molar-refractivity contribution in [1.29, 1.82) is 0 Å². The van der Waals surface area contributed by atoms with Gasteiger partial charge in [0, 0.05) is 5.92 Å². The van der Waals surface area contributed by atoms with Crippen LogP contribution >= 0.6 is 0 Å². The average Bonchev–Trinajstić information content (AvgIpc) is 3.37.